The summed E-state index contributed by atoms with van der Waals surface area (Å²) in [7, 11) is 0. The van der Waals surface area contributed by atoms with Crippen LogP contribution >= 0.6 is 0 Å². The molecule has 1 aliphatic carbocycles. The van der Waals surface area contributed by atoms with Crippen LogP contribution in [0.25, 0.3) is 0 Å². The van der Waals surface area contributed by atoms with Crippen molar-refractivity contribution in [3.8, 4) is 0 Å². The molecule has 0 amide bonds. The van der Waals surface area contributed by atoms with Gasteiger partial charge >= 0.3 is 0 Å². The fraction of sp³-hybridized carbons (Fsp3) is 0.846. The lowest BCUT2D eigenvalue weighted by atomic mass is 9.92. The van der Waals surface area contributed by atoms with Crippen LogP contribution in [0.5, 0.6) is 0 Å². The molecule has 0 bridgehead atoms. The van der Waals surface area contributed by atoms with Crippen LogP contribution in [0.15, 0.2) is 0 Å². The molecule has 92 valence electrons. The third-order valence-corrected chi connectivity index (χ3v) is 3.30. The number of aliphatic hydroxyl groups is 1. The minimum absolute atomic E-state index is 0.0108. The Balaban J connectivity index is 2.29. The Labute approximate surface area is 97.2 Å². The summed E-state index contributed by atoms with van der Waals surface area (Å²) < 4.78 is 0. The summed E-state index contributed by atoms with van der Waals surface area (Å²) in [5, 5.41) is 8.60. The summed E-state index contributed by atoms with van der Waals surface area (Å²) in [6, 6.07) is 0. The lowest BCUT2D eigenvalue weighted by Gasteiger charge is -2.11. The van der Waals surface area contributed by atoms with Crippen molar-refractivity contribution >= 4 is 11.6 Å². The van der Waals surface area contributed by atoms with E-state index in [0.717, 1.165) is 25.7 Å². The minimum atomic E-state index is -0.0108. The molecule has 1 fully saturated rings. The smallest absolute Gasteiger partial charge is 0.143 e. The van der Waals surface area contributed by atoms with Gasteiger partial charge in [-0.2, -0.15) is 0 Å². The van der Waals surface area contributed by atoms with Gasteiger partial charge in [-0.1, -0.05) is 25.7 Å². The highest BCUT2D eigenvalue weighted by Gasteiger charge is 2.21. The molecular formula is C13H22O3. The molecule has 0 saturated heterocycles. The Bertz CT molecular complexity index is 227. The lowest BCUT2D eigenvalue weighted by molar-refractivity contribution is -0.129. The molecule has 0 aliphatic heterocycles. The molecule has 1 rings (SSSR count). The summed E-state index contributed by atoms with van der Waals surface area (Å²) in [4.78, 5) is 23.3. The molecule has 1 N–H and O–H groups in total. The molecule has 0 aromatic rings. The summed E-state index contributed by atoms with van der Waals surface area (Å²) in [5.41, 5.74) is 0. The Morgan fingerprint density at radius 2 is 1.69 bits per heavy atom. The minimum Gasteiger partial charge on any atom is -0.396 e. The first-order valence-corrected chi connectivity index (χ1v) is 6.39. The van der Waals surface area contributed by atoms with Crippen molar-refractivity contribution in [3.63, 3.8) is 0 Å². The van der Waals surface area contributed by atoms with E-state index in [1.54, 1.807) is 0 Å². The second-order valence-electron chi connectivity index (χ2n) is 4.70. The maximum absolute atomic E-state index is 11.8. The number of carbonyl (C=O) groups is 2. The van der Waals surface area contributed by atoms with Crippen molar-refractivity contribution in [3.05, 3.63) is 0 Å². The Morgan fingerprint density at radius 3 is 2.25 bits per heavy atom. The van der Waals surface area contributed by atoms with Crippen LogP contribution in [0.4, 0.5) is 0 Å². The SMILES string of the molecule is O=C(CCCO)CC(=O)C1CCCCCC1. The molecule has 0 spiro atoms. The zero-order chi connectivity index (χ0) is 11.8. The second kappa shape index (κ2) is 7.55. The van der Waals surface area contributed by atoms with Crippen molar-refractivity contribution in [1.82, 2.24) is 0 Å². The van der Waals surface area contributed by atoms with Gasteiger partial charge in [0.05, 0.1) is 6.42 Å². The quantitative estimate of drug-likeness (QED) is 0.558. The van der Waals surface area contributed by atoms with E-state index in [-0.39, 0.29) is 30.5 Å². The van der Waals surface area contributed by atoms with Crippen LogP contribution in [0.3, 0.4) is 0 Å². The first-order valence-electron chi connectivity index (χ1n) is 6.39. The molecule has 3 heteroatoms. The number of rotatable bonds is 6. The molecule has 0 unspecified atom stereocenters. The lowest BCUT2D eigenvalue weighted by Crippen LogP contribution is -2.17. The van der Waals surface area contributed by atoms with Gasteiger partial charge in [-0.15, -0.1) is 0 Å². The van der Waals surface area contributed by atoms with Crippen molar-refractivity contribution in [2.24, 2.45) is 5.92 Å². The van der Waals surface area contributed by atoms with Crippen molar-refractivity contribution < 1.29 is 14.7 Å². The standard InChI is InChI=1S/C13H22O3/c14-9-5-8-12(15)10-13(16)11-6-3-1-2-4-7-11/h11,14H,1-10H2. The Morgan fingerprint density at radius 1 is 1.06 bits per heavy atom. The summed E-state index contributed by atoms with van der Waals surface area (Å²) in [6.45, 7) is 0.0311. The maximum Gasteiger partial charge on any atom is 0.143 e. The molecular weight excluding hydrogens is 204 g/mol. The highest BCUT2D eigenvalue weighted by Crippen LogP contribution is 2.24. The normalized spacial score (nSPS) is 18.1. The predicted octanol–water partition coefficient (Wildman–Crippen LogP) is 2.26. The van der Waals surface area contributed by atoms with E-state index in [0.29, 0.717) is 12.8 Å². The van der Waals surface area contributed by atoms with Crippen LogP contribution in [0.2, 0.25) is 0 Å². The predicted molar refractivity (Wildman–Crippen MR) is 62.1 cm³/mol. The van der Waals surface area contributed by atoms with Crippen LogP contribution < -0.4 is 0 Å². The van der Waals surface area contributed by atoms with E-state index >= 15 is 0 Å². The van der Waals surface area contributed by atoms with Gasteiger partial charge in [-0.3, -0.25) is 9.59 Å². The number of ketones is 2. The molecule has 0 heterocycles. The van der Waals surface area contributed by atoms with E-state index in [9.17, 15) is 9.59 Å². The fourth-order valence-electron chi connectivity index (χ4n) is 2.30. The molecule has 0 radical (unpaired) electrons. The molecule has 3 nitrogen and oxygen atoms in total. The molecule has 0 aromatic carbocycles. The van der Waals surface area contributed by atoms with Crippen LogP contribution in [0, 0.1) is 5.92 Å². The molecule has 1 saturated carbocycles. The third-order valence-electron chi connectivity index (χ3n) is 3.30. The van der Waals surface area contributed by atoms with Gasteiger partial charge in [0.2, 0.25) is 0 Å². The average molecular weight is 226 g/mol. The third kappa shape index (κ3) is 4.88. The number of aliphatic hydroxyl groups excluding tert-OH is 1. The number of Topliss-reactive ketones (excluding diaryl/α,β-unsaturated/α-hetero) is 2. The van der Waals surface area contributed by atoms with Crippen molar-refractivity contribution in [2.75, 3.05) is 6.61 Å². The first kappa shape index (κ1) is 13.4. The second-order valence-corrected chi connectivity index (χ2v) is 4.70. The topological polar surface area (TPSA) is 54.4 Å². The first-order chi connectivity index (χ1) is 7.74. The zero-order valence-electron chi connectivity index (χ0n) is 9.91. The van der Waals surface area contributed by atoms with Gasteiger partial charge in [0, 0.05) is 18.9 Å². The highest BCUT2D eigenvalue weighted by molar-refractivity contribution is 6.00. The molecule has 0 atom stereocenters. The summed E-state index contributed by atoms with van der Waals surface area (Å²) in [5.74, 6) is 0.244. The van der Waals surface area contributed by atoms with E-state index in [4.69, 9.17) is 5.11 Å². The molecule has 1 aliphatic rings. The Hall–Kier alpha value is -0.700. The van der Waals surface area contributed by atoms with Crippen LogP contribution in [-0.2, 0) is 9.59 Å². The fourth-order valence-corrected chi connectivity index (χ4v) is 2.30. The summed E-state index contributed by atoms with van der Waals surface area (Å²) >= 11 is 0. The highest BCUT2D eigenvalue weighted by atomic mass is 16.3. The summed E-state index contributed by atoms with van der Waals surface area (Å²) in [6.07, 6.45) is 7.54. The van der Waals surface area contributed by atoms with Crippen molar-refractivity contribution in [2.45, 2.75) is 57.8 Å². The number of carbonyl (C=O) groups excluding carboxylic acids is 2. The largest absolute Gasteiger partial charge is 0.396 e. The zero-order valence-corrected chi connectivity index (χ0v) is 9.91. The molecule has 0 aromatic heterocycles. The van der Waals surface area contributed by atoms with Gasteiger partial charge in [0.25, 0.3) is 0 Å². The van der Waals surface area contributed by atoms with Gasteiger partial charge in [0.1, 0.15) is 11.6 Å². The van der Waals surface area contributed by atoms with Crippen LogP contribution in [-0.4, -0.2) is 23.3 Å². The van der Waals surface area contributed by atoms with E-state index in [2.05, 4.69) is 0 Å². The number of hydrogen-bond donors (Lipinski definition) is 1. The van der Waals surface area contributed by atoms with Crippen molar-refractivity contribution in [1.29, 1.82) is 0 Å². The number of hydrogen-bond acceptors (Lipinski definition) is 3. The van der Waals surface area contributed by atoms with Gasteiger partial charge < -0.3 is 5.11 Å². The van der Waals surface area contributed by atoms with Crippen LogP contribution in [0.1, 0.15) is 57.8 Å². The monoisotopic (exact) mass is 226 g/mol. The molecule has 16 heavy (non-hydrogen) atoms. The average Bonchev–Trinajstić information content (AvgIpc) is 2.54. The van der Waals surface area contributed by atoms with Gasteiger partial charge in [0.15, 0.2) is 0 Å². The van der Waals surface area contributed by atoms with E-state index in [1.807, 2.05) is 0 Å². The van der Waals surface area contributed by atoms with E-state index in [1.165, 1.54) is 12.8 Å². The van der Waals surface area contributed by atoms with Gasteiger partial charge in [-0.25, -0.2) is 0 Å². The maximum atomic E-state index is 11.8. The van der Waals surface area contributed by atoms with Gasteiger partial charge in [-0.05, 0) is 19.3 Å². The Kier molecular flexibility index (Phi) is 6.31. The van der Waals surface area contributed by atoms with E-state index < -0.39 is 0 Å².